The average Bonchev–Trinajstić information content (AvgIpc) is 2.63. The fraction of sp³-hybridized carbons (Fsp3) is 0.300. The summed E-state index contributed by atoms with van der Waals surface area (Å²) in [4.78, 5) is 24.4. The molecular weight excluding hydrogens is 336 g/mol. The molecular formula is C20H23ClN2O2. The summed E-state index contributed by atoms with van der Waals surface area (Å²) in [6.45, 7) is 4.31. The van der Waals surface area contributed by atoms with Gasteiger partial charge in [0, 0.05) is 23.0 Å². The molecule has 0 bridgehead atoms. The van der Waals surface area contributed by atoms with Gasteiger partial charge in [-0.15, -0.1) is 0 Å². The predicted octanol–water partition coefficient (Wildman–Crippen LogP) is 3.77. The van der Waals surface area contributed by atoms with Gasteiger partial charge in [0.05, 0.1) is 0 Å². The number of rotatable bonds is 7. The van der Waals surface area contributed by atoms with Gasteiger partial charge in [-0.1, -0.05) is 48.9 Å². The normalized spacial score (nSPS) is 12.9. The molecule has 2 amide bonds. The Hall–Kier alpha value is -2.33. The summed E-state index contributed by atoms with van der Waals surface area (Å²) < 4.78 is 0. The molecule has 0 aliphatic carbocycles. The minimum Gasteiger partial charge on any atom is -0.354 e. The highest BCUT2D eigenvalue weighted by molar-refractivity contribution is 6.30. The molecule has 0 fully saturated rings. The number of carbonyl (C=O) groups excluding carboxylic acids is 2. The van der Waals surface area contributed by atoms with E-state index < -0.39 is 6.04 Å². The van der Waals surface area contributed by atoms with Crippen molar-refractivity contribution < 1.29 is 9.59 Å². The summed E-state index contributed by atoms with van der Waals surface area (Å²) in [7, 11) is 0. The molecule has 0 radical (unpaired) electrons. The van der Waals surface area contributed by atoms with E-state index in [-0.39, 0.29) is 17.7 Å². The van der Waals surface area contributed by atoms with Gasteiger partial charge in [0.15, 0.2) is 0 Å². The van der Waals surface area contributed by atoms with Crippen LogP contribution < -0.4 is 10.6 Å². The SMILES string of the molecule is CCC(CNC(=O)[C@H](C)NC(=O)c1ccc(Cl)cc1)c1ccccc1. The van der Waals surface area contributed by atoms with Crippen LogP contribution in [-0.4, -0.2) is 24.4 Å². The van der Waals surface area contributed by atoms with Crippen LogP contribution in [0.25, 0.3) is 0 Å². The number of carbonyl (C=O) groups is 2. The van der Waals surface area contributed by atoms with E-state index in [9.17, 15) is 9.59 Å². The molecule has 2 N–H and O–H groups in total. The van der Waals surface area contributed by atoms with Crippen LogP contribution in [0.3, 0.4) is 0 Å². The topological polar surface area (TPSA) is 58.2 Å². The third kappa shape index (κ3) is 5.61. The molecule has 5 heteroatoms. The van der Waals surface area contributed by atoms with Crippen LogP contribution in [0.1, 0.15) is 42.1 Å². The molecule has 4 nitrogen and oxygen atoms in total. The van der Waals surface area contributed by atoms with Crippen LogP contribution in [0.5, 0.6) is 0 Å². The number of hydrogen-bond acceptors (Lipinski definition) is 2. The van der Waals surface area contributed by atoms with E-state index in [1.165, 1.54) is 5.56 Å². The molecule has 1 unspecified atom stereocenters. The highest BCUT2D eigenvalue weighted by atomic mass is 35.5. The highest BCUT2D eigenvalue weighted by Gasteiger charge is 2.18. The van der Waals surface area contributed by atoms with Crippen molar-refractivity contribution in [3.05, 3.63) is 70.7 Å². The summed E-state index contributed by atoms with van der Waals surface area (Å²) in [6.07, 6.45) is 0.926. The van der Waals surface area contributed by atoms with Gasteiger partial charge in [0.1, 0.15) is 6.04 Å². The molecule has 0 aliphatic heterocycles. The molecule has 2 rings (SSSR count). The second kappa shape index (κ2) is 9.23. The van der Waals surface area contributed by atoms with Crippen LogP contribution in [-0.2, 0) is 4.79 Å². The average molecular weight is 359 g/mol. The molecule has 0 heterocycles. The lowest BCUT2D eigenvalue weighted by Gasteiger charge is -2.19. The summed E-state index contributed by atoms with van der Waals surface area (Å²) in [5.74, 6) is -0.240. The number of halogens is 1. The van der Waals surface area contributed by atoms with Crippen molar-refractivity contribution >= 4 is 23.4 Å². The predicted molar refractivity (Wildman–Crippen MR) is 101 cm³/mol. The monoisotopic (exact) mass is 358 g/mol. The summed E-state index contributed by atoms with van der Waals surface area (Å²) in [5.41, 5.74) is 1.67. The van der Waals surface area contributed by atoms with E-state index in [2.05, 4.69) is 29.7 Å². The van der Waals surface area contributed by atoms with E-state index in [0.29, 0.717) is 17.1 Å². The first-order valence-electron chi connectivity index (χ1n) is 8.40. The van der Waals surface area contributed by atoms with Crippen LogP contribution in [0.2, 0.25) is 5.02 Å². The van der Waals surface area contributed by atoms with Crippen molar-refractivity contribution in [3.63, 3.8) is 0 Å². The maximum Gasteiger partial charge on any atom is 0.251 e. The van der Waals surface area contributed by atoms with Gasteiger partial charge in [-0.3, -0.25) is 9.59 Å². The Labute approximate surface area is 153 Å². The van der Waals surface area contributed by atoms with Crippen molar-refractivity contribution in [2.45, 2.75) is 32.2 Å². The lowest BCUT2D eigenvalue weighted by Crippen LogP contribution is -2.45. The van der Waals surface area contributed by atoms with Crippen LogP contribution in [0.4, 0.5) is 0 Å². The Morgan fingerprint density at radius 3 is 2.28 bits per heavy atom. The quantitative estimate of drug-likeness (QED) is 0.791. The van der Waals surface area contributed by atoms with Gasteiger partial charge in [0.25, 0.3) is 5.91 Å². The van der Waals surface area contributed by atoms with Crippen LogP contribution in [0.15, 0.2) is 54.6 Å². The van der Waals surface area contributed by atoms with E-state index in [0.717, 1.165) is 6.42 Å². The first-order chi connectivity index (χ1) is 12.0. The largest absolute Gasteiger partial charge is 0.354 e. The molecule has 0 saturated carbocycles. The van der Waals surface area contributed by atoms with Gasteiger partial charge in [-0.25, -0.2) is 0 Å². The van der Waals surface area contributed by atoms with E-state index in [4.69, 9.17) is 11.6 Å². The minimum atomic E-state index is -0.614. The zero-order valence-electron chi connectivity index (χ0n) is 14.5. The number of amides is 2. The zero-order valence-corrected chi connectivity index (χ0v) is 15.2. The van der Waals surface area contributed by atoms with Crippen molar-refractivity contribution in [3.8, 4) is 0 Å². The third-order valence-corrected chi connectivity index (χ3v) is 4.39. The van der Waals surface area contributed by atoms with Gasteiger partial charge >= 0.3 is 0 Å². The Morgan fingerprint density at radius 1 is 1.04 bits per heavy atom. The molecule has 0 spiro atoms. The lowest BCUT2D eigenvalue weighted by atomic mass is 9.96. The summed E-state index contributed by atoms with van der Waals surface area (Å²) >= 11 is 5.81. The van der Waals surface area contributed by atoms with Crippen molar-refractivity contribution in [2.75, 3.05) is 6.54 Å². The number of nitrogens with one attached hydrogen (secondary N) is 2. The molecule has 25 heavy (non-hydrogen) atoms. The van der Waals surface area contributed by atoms with Crippen molar-refractivity contribution in [2.24, 2.45) is 0 Å². The number of benzene rings is 2. The maximum atomic E-state index is 12.3. The first-order valence-corrected chi connectivity index (χ1v) is 8.78. The highest BCUT2D eigenvalue weighted by Crippen LogP contribution is 2.18. The fourth-order valence-electron chi connectivity index (χ4n) is 2.55. The van der Waals surface area contributed by atoms with Crippen LogP contribution >= 0.6 is 11.6 Å². The van der Waals surface area contributed by atoms with E-state index >= 15 is 0 Å². The Balaban J connectivity index is 1.87. The number of hydrogen-bond donors (Lipinski definition) is 2. The fourth-order valence-corrected chi connectivity index (χ4v) is 2.67. The van der Waals surface area contributed by atoms with Gasteiger partial charge in [0.2, 0.25) is 5.91 Å². The molecule has 2 atom stereocenters. The smallest absolute Gasteiger partial charge is 0.251 e. The molecule has 2 aromatic rings. The summed E-state index contributed by atoms with van der Waals surface area (Å²) in [5, 5.41) is 6.19. The van der Waals surface area contributed by atoms with Crippen molar-refractivity contribution in [1.82, 2.24) is 10.6 Å². The van der Waals surface area contributed by atoms with E-state index in [1.54, 1.807) is 31.2 Å². The summed E-state index contributed by atoms with van der Waals surface area (Å²) in [6, 6.07) is 16.0. The van der Waals surface area contributed by atoms with E-state index in [1.807, 2.05) is 18.2 Å². The minimum absolute atomic E-state index is 0.198. The zero-order chi connectivity index (χ0) is 18.2. The Kier molecular flexibility index (Phi) is 7.02. The Bertz CT molecular complexity index is 701. The second-order valence-electron chi connectivity index (χ2n) is 5.96. The standard InChI is InChI=1S/C20H23ClN2O2/c1-3-15(16-7-5-4-6-8-16)13-22-19(24)14(2)23-20(25)17-9-11-18(21)12-10-17/h4-12,14-15H,3,13H2,1-2H3,(H,22,24)(H,23,25)/t14-,15?/m0/s1. The maximum absolute atomic E-state index is 12.3. The van der Waals surface area contributed by atoms with Gasteiger partial charge < -0.3 is 10.6 Å². The molecule has 2 aromatic carbocycles. The van der Waals surface area contributed by atoms with Crippen LogP contribution in [0, 0.1) is 0 Å². The molecule has 0 saturated heterocycles. The van der Waals surface area contributed by atoms with Gasteiger partial charge in [-0.2, -0.15) is 0 Å². The lowest BCUT2D eigenvalue weighted by molar-refractivity contribution is -0.122. The molecule has 0 aliphatic rings. The first kappa shape index (κ1) is 19.0. The molecule has 132 valence electrons. The molecule has 0 aromatic heterocycles. The van der Waals surface area contributed by atoms with Gasteiger partial charge in [-0.05, 0) is 43.2 Å². The Morgan fingerprint density at radius 2 is 1.68 bits per heavy atom. The second-order valence-corrected chi connectivity index (χ2v) is 6.40. The van der Waals surface area contributed by atoms with Crippen molar-refractivity contribution in [1.29, 1.82) is 0 Å². The third-order valence-electron chi connectivity index (χ3n) is 4.13.